The molecule has 0 radical (unpaired) electrons. The molecule has 0 fully saturated rings. The van der Waals surface area contributed by atoms with Crippen molar-refractivity contribution in [2.45, 2.75) is 5.92 Å². The van der Waals surface area contributed by atoms with Crippen LogP contribution in [0, 0.1) is 5.92 Å². The first kappa shape index (κ1) is 17.1. The number of ether oxygens (including phenoxy) is 3. The summed E-state index contributed by atoms with van der Waals surface area (Å²) in [5, 5.41) is 0.703. The molecule has 3 aromatic rings. The number of hydrogen-bond donors (Lipinski definition) is 0. The molecule has 0 unspecified atom stereocenters. The highest BCUT2D eigenvalue weighted by molar-refractivity contribution is 5.86. The Morgan fingerprint density at radius 2 is 1.81 bits per heavy atom. The molecular weight excluding hydrogens is 348 g/mol. The van der Waals surface area contributed by atoms with Crippen molar-refractivity contribution >= 4 is 16.9 Å². The van der Waals surface area contributed by atoms with Gasteiger partial charge in [0.25, 0.3) is 0 Å². The Bertz CT molecular complexity index is 1050. The molecule has 2 atom stereocenters. The summed E-state index contributed by atoms with van der Waals surface area (Å²) in [6.45, 7) is 0.115. The lowest BCUT2D eigenvalue weighted by molar-refractivity contribution is -0.147. The van der Waals surface area contributed by atoms with Crippen LogP contribution in [0.3, 0.4) is 0 Å². The van der Waals surface area contributed by atoms with Gasteiger partial charge < -0.3 is 18.6 Å². The van der Waals surface area contributed by atoms with Crippen LogP contribution in [-0.2, 0) is 9.53 Å². The van der Waals surface area contributed by atoms with Gasteiger partial charge in [-0.1, -0.05) is 24.3 Å². The average Bonchev–Trinajstić information content (AvgIpc) is 2.72. The molecular formula is C21H18O6. The van der Waals surface area contributed by atoms with Crippen molar-refractivity contribution in [1.82, 2.24) is 0 Å². The summed E-state index contributed by atoms with van der Waals surface area (Å²) < 4.78 is 21.5. The van der Waals surface area contributed by atoms with E-state index in [9.17, 15) is 9.59 Å². The van der Waals surface area contributed by atoms with E-state index in [-0.39, 0.29) is 6.61 Å². The van der Waals surface area contributed by atoms with Crippen molar-refractivity contribution < 1.29 is 23.4 Å². The lowest BCUT2D eigenvalue weighted by Gasteiger charge is -2.31. The Hall–Kier alpha value is -3.28. The van der Waals surface area contributed by atoms with Crippen molar-refractivity contribution in [2.24, 2.45) is 5.92 Å². The van der Waals surface area contributed by atoms with Gasteiger partial charge in [0.15, 0.2) is 0 Å². The maximum absolute atomic E-state index is 12.8. The zero-order chi connectivity index (χ0) is 19.0. The van der Waals surface area contributed by atoms with Gasteiger partial charge in [0.05, 0.1) is 25.2 Å². The number of hydrogen-bond acceptors (Lipinski definition) is 6. The zero-order valence-corrected chi connectivity index (χ0v) is 14.9. The number of fused-ring (bicyclic) bond motifs is 3. The number of benzene rings is 2. The molecule has 2 aromatic carbocycles. The second-order valence-corrected chi connectivity index (χ2v) is 6.32. The predicted octanol–water partition coefficient (Wildman–Crippen LogP) is 3.12. The molecule has 6 nitrogen and oxygen atoms in total. The highest BCUT2D eigenvalue weighted by Crippen LogP contribution is 2.43. The van der Waals surface area contributed by atoms with Crippen LogP contribution in [0.25, 0.3) is 11.0 Å². The highest BCUT2D eigenvalue weighted by Gasteiger charge is 2.41. The number of para-hydroxylation sites is 1. The van der Waals surface area contributed by atoms with Crippen LogP contribution in [0.5, 0.6) is 11.5 Å². The Kier molecular flexibility index (Phi) is 4.32. The first-order valence-electron chi connectivity index (χ1n) is 8.54. The van der Waals surface area contributed by atoms with E-state index in [0.717, 1.165) is 5.56 Å². The Balaban J connectivity index is 1.96. The minimum Gasteiger partial charge on any atom is -0.497 e. The van der Waals surface area contributed by atoms with Crippen molar-refractivity contribution in [3.63, 3.8) is 0 Å². The van der Waals surface area contributed by atoms with Crippen LogP contribution >= 0.6 is 0 Å². The van der Waals surface area contributed by atoms with Crippen molar-refractivity contribution in [1.29, 1.82) is 0 Å². The summed E-state index contributed by atoms with van der Waals surface area (Å²) >= 11 is 0. The molecule has 138 valence electrons. The molecule has 0 N–H and O–H groups in total. The number of rotatable bonds is 3. The van der Waals surface area contributed by atoms with Gasteiger partial charge >= 0.3 is 11.6 Å². The van der Waals surface area contributed by atoms with Crippen molar-refractivity contribution in [2.75, 3.05) is 20.8 Å². The van der Waals surface area contributed by atoms with Gasteiger partial charge in [-0.2, -0.15) is 0 Å². The van der Waals surface area contributed by atoms with Gasteiger partial charge in [-0.25, -0.2) is 4.79 Å². The van der Waals surface area contributed by atoms with Crippen LogP contribution in [-0.4, -0.2) is 26.8 Å². The Labute approximate surface area is 155 Å². The van der Waals surface area contributed by atoms with E-state index in [1.807, 2.05) is 24.3 Å². The normalized spacial score (nSPS) is 18.4. The third-order valence-corrected chi connectivity index (χ3v) is 4.90. The van der Waals surface area contributed by atoms with Crippen molar-refractivity contribution in [3.8, 4) is 11.5 Å². The van der Waals surface area contributed by atoms with E-state index in [1.165, 1.54) is 7.11 Å². The van der Waals surface area contributed by atoms with Gasteiger partial charge in [-0.15, -0.1) is 0 Å². The number of esters is 1. The number of carbonyl (C=O) groups is 1. The lowest BCUT2D eigenvalue weighted by atomic mass is 9.79. The van der Waals surface area contributed by atoms with Gasteiger partial charge in [0.1, 0.15) is 29.6 Å². The van der Waals surface area contributed by atoms with Crippen molar-refractivity contribution in [3.05, 3.63) is 70.1 Å². The van der Waals surface area contributed by atoms with Gasteiger partial charge in [0.2, 0.25) is 0 Å². The Morgan fingerprint density at radius 1 is 1.07 bits per heavy atom. The zero-order valence-electron chi connectivity index (χ0n) is 14.9. The molecule has 2 heterocycles. The molecule has 0 saturated carbocycles. The SMILES string of the molecule is COC(=O)[C@@H]1COc2c(c(=O)oc3ccccc23)[C@@H]1c1ccc(OC)cc1. The van der Waals surface area contributed by atoms with Gasteiger partial charge in [0, 0.05) is 5.92 Å². The third-order valence-electron chi connectivity index (χ3n) is 4.90. The van der Waals surface area contributed by atoms with Crippen LogP contribution in [0.2, 0.25) is 0 Å². The first-order chi connectivity index (χ1) is 13.1. The van der Waals surface area contributed by atoms with Crippen LogP contribution in [0.1, 0.15) is 17.0 Å². The minimum atomic E-state index is -0.653. The fourth-order valence-corrected chi connectivity index (χ4v) is 3.60. The summed E-state index contributed by atoms with van der Waals surface area (Å²) in [7, 11) is 2.91. The second kappa shape index (κ2) is 6.79. The monoisotopic (exact) mass is 366 g/mol. The molecule has 1 aromatic heterocycles. The standard InChI is InChI=1S/C21H18O6/c1-24-13-9-7-12(8-10-13)17-15(20(22)25-2)11-26-19-14-5-3-4-6-16(14)27-21(23)18(17)19/h3-10,15,17H,11H2,1-2H3/t15-,17-/m1/s1. The fourth-order valence-electron chi connectivity index (χ4n) is 3.60. The smallest absolute Gasteiger partial charge is 0.343 e. The summed E-state index contributed by atoms with van der Waals surface area (Å²) in [4.78, 5) is 25.2. The fraction of sp³-hybridized carbons (Fsp3) is 0.238. The molecule has 0 amide bonds. The molecule has 27 heavy (non-hydrogen) atoms. The van der Waals surface area contributed by atoms with Crippen LogP contribution in [0.4, 0.5) is 0 Å². The quantitative estimate of drug-likeness (QED) is 0.524. The molecule has 0 bridgehead atoms. The van der Waals surface area contributed by atoms with Gasteiger partial charge in [-0.3, -0.25) is 4.79 Å². The summed E-state index contributed by atoms with van der Waals surface area (Å²) in [6, 6.07) is 14.4. The third kappa shape index (κ3) is 2.83. The molecule has 6 heteroatoms. The number of carbonyl (C=O) groups excluding carboxylic acids is 1. The molecule has 0 spiro atoms. The molecule has 0 saturated heterocycles. The lowest BCUT2D eigenvalue weighted by Crippen LogP contribution is -2.36. The largest absolute Gasteiger partial charge is 0.497 e. The van der Waals surface area contributed by atoms with E-state index in [0.29, 0.717) is 28.0 Å². The van der Waals surface area contributed by atoms with E-state index in [1.54, 1.807) is 31.4 Å². The maximum Gasteiger partial charge on any atom is 0.343 e. The highest BCUT2D eigenvalue weighted by atomic mass is 16.5. The number of methoxy groups -OCH3 is 2. The van der Waals surface area contributed by atoms with Gasteiger partial charge in [-0.05, 0) is 29.8 Å². The average molecular weight is 366 g/mol. The van der Waals surface area contributed by atoms with Crippen LogP contribution in [0.15, 0.2) is 57.7 Å². The first-order valence-corrected chi connectivity index (χ1v) is 8.54. The van der Waals surface area contributed by atoms with Crippen LogP contribution < -0.4 is 15.1 Å². The second-order valence-electron chi connectivity index (χ2n) is 6.32. The van der Waals surface area contributed by atoms with E-state index in [4.69, 9.17) is 18.6 Å². The van der Waals surface area contributed by atoms with E-state index >= 15 is 0 Å². The molecule has 1 aliphatic rings. The summed E-state index contributed by atoms with van der Waals surface area (Å²) in [5.41, 5.74) is 1.06. The molecule has 1 aliphatic heterocycles. The summed E-state index contributed by atoms with van der Waals surface area (Å²) in [5.74, 6) is -0.476. The predicted molar refractivity (Wildman–Crippen MR) is 98.3 cm³/mol. The summed E-state index contributed by atoms with van der Waals surface area (Å²) in [6.07, 6.45) is 0. The molecule has 0 aliphatic carbocycles. The minimum absolute atomic E-state index is 0.115. The maximum atomic E-state index is 12.8. The topological polar surface area (TPSA) is 75.0 Å². The van der Waals surface area contributed by atoms with E-state index in [2.05, 4.69) is 0 Å². The van der Waals surface area contributed by atoms with E-state index < -0.39 is 23.4 Å². The molecule has 4 rings (SSSR count). The Morgan fingerprint density at radius 3 is 2.52 bits per heavy atom.